The lowest BCUT2D eigenvalue weighted by molar-refractivity contribution is -0.137. The van der Waals surface area contributed by atoms with Gasteiger partial charge in [0.2, 0.25) is 0 Å². The third kappa shape index (κ3) is 7.00. The molecular formula is C15H23BrO2. The zero-order valence-electron chi connectivity index (χ0n) is 11.1. The highest BCUT2D eigenvalue weighted by molar-refractivity contribution is 9.11. The van der Waals surface area contributed by atoms with Crippen molar-refractivity contribution in [2.45, 2.75) is 51.9 Å². The Morgan fingerprint density at radius 2 is 2.06 bits per heavy atom. The van der Waals surface area contributed by atoms with E-state index in [0.717, 1.165) is 31.6 Å². The van der Waals surface area contributed by atoms with Crippen molar-refractivity contribution in [3.8, 4) is 0 Å². The van der Waals surface area contributed by atoms with Crippen LogP contribution in [0.2, 0.25) is 0 Å². The molecule has 1 saturated carbocycles. The maximum Gasteiger partial charge on any atom is 0.303 e. The van der Waals surface area contributed by atoms with E-state index in [1.807, 2.05) is 0 Å². The largest absolute Gasteiger partial charge is 0.481 e. The zero-order valence-corrected chi connectivity index (χ0v) is 12.7. The zero-order chi connectivity index (χ0) is 13.4. The van der Waals surface area contributed by atoms with Crippen molar-refractivity contribution < 1.29 is 9.90 Å². The quantitative estimate of drug-likeness (QED) is 0.614. The normalized spacial score (nSPS) is 23.6. The molecule has 0 aliphatic heterocycles. The summed E-state index contributed by atoms with van der Waals surface area (Å²) < 4.78 is 1.26. The Labute approximate surface area is 118 Å². The molecule has 0 radical (unpaired) electrons. The molecule has 102 valence electrons. The number of hydrogen-bond acceptors (Lipinski definition) is 1. The smallest absolute Gasteiger partial charge is 0.303 e. The predicted octanol–water partition coefficient (Wildman–Crippen LogP) is 4.90. The molecule has 3 heteroatoms. The van der Waals surface area contributed by atoms with Gasteiger partial charge in [0.25, 0.3) is 0 Å². The summed E-state index contributed by atoms with van der Waals surface area (Å²) in [6.07, 6.45) is 13.5. The molecule has 0 aromatic carbocycles. The standard InChI is InChI=1S/C15H23BrO2/c1-2-6-14(16)8-5-3-4-7-12-11-13(12)9-10-15(17)18/h3,5,8,12-13H,2,4,6-7,9-11H2,1H3,(H,17,18)/b5-3+,14-8-/t12-,13-/m1/s1. The molecule has 0 heterocycles. The first-order valence-electron chi connectivity index (χ1n) is 6.86. The molecular weight excluding hydrogens is 292 g/mol. The maximum absolute atomic E-state index is 10.4. The van der Waals surface area contributed by atoms with E-state index in [1.165, 1.54) is 17.3 Å². The molecule has 0 saturated heterocycles. The molecule has 1 N–H and O–H groups in total. The van der Waals surface area contributed by atoms with Gasteiger partial charge in [-0.15, -0.1) is 0 Å². The fourth-order valence-corrected chi connectivity index (χ4v) is 2.78. The molecule has 18 heavy (non-hydrogen) atoms. The summed E-state index contributed by atoms with van der Waals surface area (Å²) in [4.78, 5) is 10.4. The summed E-state index contributed by atoms with van der Waals surface area (Å²) in [7, 11) is 0. The van der Waals surface area contributed by atoms with E-state index >= 15 is 0 Å². The van der Waals surface area contributed by atoms with E-state index in [4.69, 9.17) is 5.11 Å². The van der Waals surface area contributed by atoms with Gasteiger partial charge in [0, 0.05) is 6.42 Å². The molecule has 0 aromatic heterocycles. The number of hydrogen-bond donors (Lipinski definition) is 1. The molecule has 0 unspecified atom stereocenters. The van der Waals surface area contributed by atoms with Crippen LogP contribution >= 0.6 is 15.9 Å². The summed E-state index contributed by atoms with van der Waals surface area (Å²) >= 11 is 3.53. The lowest BCUT2D eigenvalue weighted by Gasteiger charge is -1.96. The van der Waals surface area contributed by atoms with E-state index in [0.29, 0.717) is 12.3 Å². The van der Waals surface area contributed by atoms with Gasteiger partial charge in [-0.3, -0.25) is 4.79 Å². The average Bonchev–Trinajstić information content (AvgIpc) is 3.05. The molecule has 1 aliphatic carbocycles. The molecule has 1 rings (SSSR count). The van der Waals surface area contributed by atoms with Crippen LogP contribution in [0.5, 0.6) is 0 Å². The van der Waals surface area contributed by atoms with Crippen molar-refractivity contribution in [3.63, 3.8) is 0 Å². The summed E-state index contributed by atoms with van der Waals surface area (Å²) in [5, 5.41) is 8.60. The summed E-state index contributed by atoms with van der Waals surface area (Å²) in [6, 6.07) is 0. The third-order valence-corrected chi connectivity index (χ3v) is 4.06. The molecule has 2 atom stereocenters. The Hall–Kier alpha value is -0.570. The lowest BCUT2D eigenvalue weighted by atomic mass is 10.1. The molecule has 1 fully saturated rings. The Bertz CT molecular complexity index is 320. The van der Waals surface area contributed by atoms with E-state index < -0.39 is 5.97 Å². The van der Waals surface area contributed by atoms with Crippen LogP contribution in [0.25, 0.3) is 0 Å². The van der Waals surface area contributed by atoms with Crippen LogP contribution in [0.15, 0.2) is 22.7 Å². The van der Waals surface area contributed by atoms with Gasteiger partial charge >= 0.3 is 5.97 Å². The SMILES string of the molecule is CCC/C(Br)=C/C=C/CC[C@@H]1C[C@H]1CCC(=O)O. The number of rotatable bonds is 9. The fourth-order valence-electron chi connectivity index (χ4n) is 2.23. The Balaban J connectivity index is 2.04. The predicted molar refractivity (Wildman–Crippen MR) is 78.8 cm³/mol. The minimum atomic E-state index is -0.661. The van der Waals surface area contributed by atoms with Crippen LogP contribution in [0.1, 0.15) is 51.9 Å². The minimum Gasteiger partial charge on any atom is -0.481 e. The first kappa shape index (κ1) is 15.5. The van der Waals surface area contributed by atoms with Gasteiger partial charge in [0.1, 0.15) is 0 Å². The third-order valence-electron chi connectivity index (χ3n) is 3.40. The van der Waals surface area contributed by atoms with Crippen molar-refractivity contribution in [3.05, 3.63) is 22.7 Å². The average molecular weight is 315 g/mol. The molecule has 2 nitrogen and oxygen atoms in total. The molecule has 0 amide bonds. The van der Waals surface area contributed by atoms with E-state index in [1.54, 1.807) is 0 Å². The monoisotopic (exact) mass is 314 g/mol. The Morgan fingerprint density at radius 3 is 2.72 bits per heavy atom. The molecule has 0 aromatic rings. The molecule has 1 aliphatic rings. The first-order chi connectivity index (χ1) is 8.63. The van der Waals surface area contributed by atoms with Crippen LogP contribution in [-0.2, 0) is 4.79 Å². The van der Waals surface area contributed by atoms with Crippen molar-refractivity contribution in [2.75, 3.05) is 0 Å². The number of aliphatic carboxylic acids is 1. The highest BCUT2D eigenvalue weighted by Gasteiger charge is 2.35. The minimum absolute atomic E-state index is 0.337. The number of halogens is 1. The second-order valence-electron chi connectivity index (χ2n) is 5.06. The van der Waals surface area contributed by atoms with Gasteiger partial charge in [-0.25, -0.2) is 0 Å². The van der Waals surface area contributed by atoms with E-state index in [9.17, 15) is 4.79 Å². The fraction of sp³-hybridized carbons (Fsp3) is 0.667. The van der Waals surface area contributed by atoms with E-state index in [2.05, 4.69) is 41.1 Å². The number of carboxylic acids is 1. The number of carboxylic acid groups (broad SMARTS) is 1. The van der Waals surface area contributed by atoms with Gasteiger partial charge in [-0.05, 0) is 48.4 Å². The number of carbonyl (C=O) groups is 1. The summed E-state index contributed by atoms with van der Waals surface area (Å²) in [5.74, 6) is 0.792. The van der Waals surface area contributed by atoms with Gasteiger partial charge in [-0.2, -0.15) is 0 Å². The van der Waals surface area contributed by atoms with Gasteiger partial charge < -0.3 is 5.11 Å². The second-order valence-corrected chi connectivity index (χ2v) is 6.08. The van der Waals surface area contributed by atoms with E-state index in [-0.39, 0.29) is 0 Å². The van der Waals surface area contributed by atoms with Crippen molar-refractivity contribution in [1.29, 1.82) is 0 Å². The van der Waals surface area contributed by atoms with Crippen LogP contribution in [0.3, 0.4) is 0 Å². The van der Waals surface area contributed by atoms with Gasteiger partial charge in [0.15, 0.2) is 0 Å². The topological polar surface area (TPSA) is 37.3 Å². The lowest BCUT2D eigenvalue weighted by Crippen LogP contribution is -1.95. The van der Waals surface area contributed by atoms with Crippen LogP contribution in [-0.4, -0.2) is 11.1 Å². The Kier molecular flexibility index (Phi) is 7.33. The van der Waals surface area contributed by atoms with Crippen LogP contribution in [0, 0.1) is 11.8 Å². The van der Waals surface area contributed by atoms with Crippen molar-refractivity contribution in [1.82, 2.24) is 0 Å². The van der Waals surface area contributed by atoms with Gasteiger partial charge in [-0.1, -0.05) is 47.5 Å². The van der Waals surface area contributed by atoms with Crippen molar-refractivity contribution >= 4 is 21.9 Å². The highest BCUT2D eigenvalue weighted by atomic mass is 79.9. The highest BCUT2D eigenvalue weighted by Crippen LogP contribution is 2.45. The van der Waals surface area contributed by atoms with Crippen LogP contribution < -0.4 is 0 Å². The molecule has 0 bridgehead atoms. The molecule has 0 spiro atoms. The number of allylic oxidation sites excluding steroid dienone is 4. The van der Waals surface area contributed by atoms with Crippen LogP contribution in [0.4, 0.5) is 0 Å². The van der Waals surface area contributed by atoms with Gasteiger partial charge in [0.05, 0.1) is 0 Å². The summed E-state index contributed by atoms with van der Waals surface area (Å²) in [6.45, 7) is 2.17. The Morgan fingerprint density at radius 1 is 1.33 bits per heavy atom. The summed E-state index contributed by atoms with van der Waals surface area (Å²) in [5.41, 5.74) is 0. The maximum atomic E-state index is 10.4. The van der Waals surface area contributed by atoms with Crippen molar-refractivity contribution in [2.24, 2.45) is 11.8 Å². The first-order valence-corrected chi connectivity index (χ1v) is 7.65. The second kappa shape index (κ2) is 8.52.